The number of carbonyl (C=O) groups is 2. The highest BCUT2D eigenvalue weighted by atomic mass is 32.2. The van der Waals surface area contributed by atoms with E-state index in [0.29, 0.717) is 18.9 Å². The Kier molecular flexibility index (Phi) is 5.44. The SMILES string of the molecule is CC1CCC(NS(=O)(=O)CC(=O)N2CC[C@@H](C(=O)O)C2)CC1. The molecule has 2 aliphatic rings. The summed E-state index contributed by atoms with van der Waals surface area (Å²) >= 11 is 0. The third kappa shape index (κ3) is 4.67. The minimum atomic E-state index is -3.66. The van der Waals surface area contributed by atoms with E-state index >= 15 is 0 Å². The molecule has 1 aliphatic heterocycles. The van der Waals surface area contributed by atoms with E-state index in [9.17, 15) is 18.0 Å². The maximum atomic E-state index is 12.1. The highest BCUT2D eigenvalue weighted by Gasteiger charge is 2.33. The van der Waals surface area contributed by atoms with Crippen molar-refractivity contribution >= 4 is 21.9 Å². The molecule has 0 aromatic carbocycles. The first kappa shape index (κ1) is 17.2. The lowest BCUT2D eigenvalue weighted by molar-refractivity contribution is -0.141. The average Bonchev–Trinajstić information content (AvgIpc) is 2.90. The van der Waals surface area contributed by atoms with E-state index in [4.69, 9.17) is 5.11 Å². The fourth-order valence-corrected chi connectivity index (χ4v) is 4.45. The Labute approximate surface area is 131 Å². The topological polar surface area (TPSA) is 104 Å². The molecular weight excluding hydrogens is 308 g/mol. The summed E-state index contributed by atoms with van der Waals surface area (Å²) in [4.78, 5) is 24.2. The van der Waals surface area contributed by atoms with Gasteiger partial charge in [0.2, 0.25) is 15.9 Å². The molecular formula is C14H24N2O5S. The smallest absolute Gasteiger partial charge is 0.308 e. The lowest BCUT2D eigenvalue weighted by Crippen LogP contribution is -2.43. The van der Waals surface area contributed by atoms with Gasteiger partial charge in [0, 0.05) is 19.1 Å². The fourth-order valence-electron chi connectivity index (χ4n) is 3.12. The maximum absolute atomic E-state index is 12.1. The number of likely N-dealkylation sites (tertiary alicyclic amines) is 1. The second-order valence-corrected chi connectivity index (χ2v) is 8.25. The molecule has 1 saturated heterocycles. The predicted octanol–water partition coefficient (Wildman–Crippen LogP) is 0.418. The fraction of sp³-hybridized carbons (Fsp3) is 0.857. The number of carboxylic acids is 1. The van der Waals surface area contributed by atoms with Crippen LogP contribution in [0.15, 0.2) is 0 Å². The third-order valence-electron chi connectivity index (χ3n) is 4.57. The van der Waals surface area contributed by atoms with Gasteiger partial charge in [-0.15, -0.1) is 0 Å². The van der Waals surface area contributed by atoms with E-state index in [1.54, 1.807) is 0 Å². The summed E-state index contributed by atoms with van der Waals surface area (Å²) in [6.07, 6.45) is 3.98. The van der Waals surface area contributed by atoms with Crippen LogP contribution in [-0.4, -0.2) is 55.2 Å². The van der Waals surface area contributed by atoms with Crippen molar-refractivity contribution in [1.82, 2.24) is 9.62 Å². The Balaban J connectivity index is 1.84. The molecule has 126 valence electrons. The third-order valence-corrected chi connectivity index (χ3v) is 5.89. The molecule has 1 heterocycles. The molecule has 2 N–H and O–H groups in total. The molecule has 22 heavy (non-hydrogen) atoms. The van der Waals surface area contributed by atoms with E-state index < -0.39 is 33.6 Å². The van der Waals surface area contributed by atoms with Crippen LogP contribution in [0.4, 0.5) is 0 Å². The number of nitrogens with zero attached hydrogens (tertiary/aromatic N) is 1. The van der Waals surface area contributed by atoms with Crippen LogP contribution in [0.1, 0.15) is 39.0 Å². The molecule has 1 amide bonds. The van der Waals surface area contributed by atoms with Crippen LogP contribution in [0, 0.1) is 11.8 Å². The van der Waals surface area contributed by atoms with Crippen molar-refractivity contribution in [2.45, 2.75) is 45.1 Å². The number of sulfonamides is 1. The summed E-state index contributed by atoms with van der Waals surface area (Å²) in [5, 5.41) is 8.91. The molecule has 7 nitrogen and oxygen atoms in total. The van der Waals surface area contributed by atoms with Gasteiger partial charge in [0.05, 0.1) is 5.92 Å². The number of hydrogen-bond donors (Lipinski definition) is 2. The number of aliphatic carboxylic acids is 1. The Morgan fingerprint density at radius 2 is 1.82 bits per heavy atom. The average molecular weight is 332 g/mol. The molecule has 1 aliphatic carbocycles. The van der Waals surface area contributed by atoms with Crippen molar-refractivity contribution in [1.29, 1.82) is 0 Å². The Bertz CT molecular complexity index is 525. The summed E-state index contributed by atoms with van der Waals surface area (Å²) in [5.41, 5.74) is 0. The number of hydrogen-bond acceptors (Lipinski definition) is 4. The van der Waals surface area contributed by atoms with Crippen LogP contribution < -0.4 is 4.72 Å². The minimum absolute atomic E-state index is 0.0839. The summed E-state index contributed by atoms with van der Waals surface area (Å²) in [6, 6.07) is -0.0839. The molecule has 0 spiro atoms. The largest absolute Gasteiger partial charge is 0.481 e. The molecule has 2 rings (SSSR count). The van der Waals surface area contributed by atoms with Crippen molar-refractivity contribution in [2.75, 3.05) is 18.8 Å². The highest BCUT2D eigenvalue weighted by molar-refractivity contribution is 7.90. The molecule has 0 radical (unpaired) electrons. The predicted molar refractivity (Wildman–Crippen MR) is 80.7 cm³/mol. The molecule has 0 aromatic heterocycles. The van der Waals surface area contributed by atoms with Gasteiger partial charge in [0.15, 0.2) is 0 Å². The summed E-state index contributed by atoms with van der Waals surface area (Å²) in [5.74, 6) is -2.00. The van der Waals surface area contributed by atoms with E-state index in [-0.39, 0.29) is 12.6 Å². The normalized spacial score (nSPS) is 29.5. The lowest BCUT2D eigenvalue weighted by Gasteiger charge is -2.27. The van der Waals surface area contributed by atoms with Gasteiger partial charge in [-0.05, 0) is 38.0 Å². The number of rotatable bonds is 5. The number of amides is 1. The van der Waals surface area contributed by atoms with Crippen LogP contribution in [0.5, 0.6) is 0 Å². The first-order valence-corrected chi connectivity index (χ1v) is 9.42. The van der Waals surface area contributed by atoms with E-state index in [1.165, 1.54) is 4.90 Å². The van der Waals surface area contributed by atoms with Crippen molar-refractivity contribution in [3.63, 3.8) is 0 Å². The zero-order valence-corrected chi connectivity index (χ0v) is 13.6. The molecule has 8 heteroatoms. The zero-order chi connectivity index (χ0) is 16.3. The Morgan fingerprint density at radius 1 is 1.18 bits per heavy atom. The molecule has 0 bridgehead atoms. The van der Waals surface area contributed by atoms with Crippen LogP contribution in [0.2, 0.25) is 0 Å². The Morgan fingerprint density at radius 3 is 2.36 bits per heavy atom. The van der Waals surface area contributed by atoms with Crippen molar-refractivity contribution in [2.24, 2.45) is 11.8 Å². The highest BCUT2D eigenvalue weighted by Crippen LogP contribution is 2.24. The maximum Gasteiger partial charge on any atom is 0.308 e. The number of carboxylic acid groups (broad SMARTS) is 1. The van der Waals surface area contributed by atoms with Crippen molar-refractivity contribution in [3.05, 3.63) is 0 Å². The lowest BCUT2D eigenvalue weighted by atomic mass is 9.88. The van der Waals surface area contributed by atoms with Crippen molar-refractivity contribution < 1.29 is 23.1 Å². The van der Waals surface area contributed by atoms with Crippen LogP contribution in [-0.2, 0) is 19.6 Å². The molecule has 0 aromatic rings. The standard InChI is InChI=1S/C14H24N2O5S/c1-10-2-4-12(5-3-10)15-22(20,21)9-13(17)16-7-6-11(8-16)14(18)19/h10-12,15H,2-9H2,1H3,(H,18,19)/t10?,11-,12?/m1/s1. The minimum Gasteiger partial charge on any atom is -0.481 e. The molecule has 1 saturated carbocycles. The van der Waals surface area contributed by atoms with Crippen LogP contribution in [0.3, 0.4) is 0 Å². The van der Waals surface area contributed by atoms with Crippen molar-refractivity contribution in [3.8, 4) is 0 Å². The van der Waals surface area contributed by atoms with Gasteiger partial charge in [-0.1, -0.05) is 6.92 Å². The summed E-state index contributed by atoms with van der Waals surface area (Å²) in [6.45, 7) is 2.57. The van der Waals surface area contributed by atoms with Gasteiger partial charge in [-0.25, -0.2) is 13.1 Å². The monoisotopic (exact) mass is 332 g/mol. The van der Waals surface area contributed by atoms with Gasteiger partial charge < -0.3 is 10.0 Å². The molecule has 1 atom stereocenters. The van der Waals surface area contributed by atoms with E-state index in [2.05, 4.69) is 11.6 Å². The van der Waals surface area contributed by atoms with Gasteiger partial charge in [0.1, 0.15) is 5.75 Å². The summed E-state index contributed by atoms with van der Waals surface area (Å²) < 4.78 is 26.8. The van der Waals surface area contributed by atoms with Crippen LogP contribution >= 0.6 is 0 Å². The number of carbonyl (C=O) groups excluding carboxylic acids is 1. The first-order chi connectivity index (χ1) is 10.3. The second kappa shape index (κ2) is 6.95. The van der Waals surface area contributed by atoms with Gasteiger partial charge in [-0.3, -0.25) is 9.59 Å². The second-order valence-electron chi connectivity index (χ2n) is 6.50. The quantitative estimate of drug-likeness (QED) is 0.759. The van der Waals surface area contributed by atoms with E-state index in [0.717, 1.165) is 25.7 Å². The molecule has 0 unspecified atom stereocenters. The Hall–Kier alpha value is -1.15. The van der Waals surface area contributed by atoms with Gasteiger partial charge >= 0.3 is 5.97 Å². The summed E-state index contributed by atoms with van der Waals surface area (Å²) in [7, 11) is -3.66. The molecule has 2 fully saturated rings. The first-order valence-electron chi connectivity index (χ1n) is 7.77. The zero-order valence-electron chi connectivity index (χ0n) is 12.8. The number of nitrogens with one attached hydrogen (secondary N) is 1. The van der Waals surface area contributed by atoms with Gasteiger partial charge in [0.25, 0.3) is 0 Å². The van der Waals surface area contributed by atoms with Crippen LogP contribution in [0.25, 0.3) is 0 Å². The van der Waals surface area contributed by atoms with Gasteiger partial charge in [-0.2, -0.15) is 0 Å². The van der Waals surface area contributed by atoms with E-state index in [1.807, 2.05) is 0 Å².